The largest absolute Gasteiger partial charge is 0.394 e. The lowest BCUT2D eigenvalue weighted by atomic mass is 10.2. The number of aliphatic hydroxyl groups is 2. The molecule has 18 heavy (non-hydrogen) atoms. The summed E-state index contributed by atoms with van der Waals surface area (Å²) in [5, 5.41) is 18.6. The number of ether oxygens (including phenoxy) is 1. The highest BCUT2D eigenvalue weighted by Crippen LogP contribution is 2.27. The van der Waals surface area contributed by atoms with Crippen molar-refractivity contribution in [1.29, 1.82) is 0 Å². The van der Waals surface area contributed by atoms with Gasteiger partial charge in [0, 0.05) is 18.2 Å². The van der Waals surface area contributed by atoms with Crippen LogP contribution in [0, 0.1) is 14.0 Å². The summed E-state index contributed by atoms with van der Waals surface area (Å²) in [7, 11) is 5.36. The van der Waals surface area contributed by atoms with Crippen molar-refractivity contribution in [2.24, 2.45) is 0 Å². The van der Waals surface area contributed by atoms with Crippen molar-refractivity contribution in [3.63, 3.8) is 0 Å². The third-order valence-electron chi connectivity index (χ3n) is 3.01. The molecule has 3 atom stereocenters. The topological polar surface area (TPSA) is 93.7 Å². The third-order valence-corrected chi connectivity index (χ3v) is 3.01. The van der Waals surface area contributed by atoms with E-state index in [1.54, 1.807) is 0 Å². The van der Waals surface area contributed by atoms with Gasteiger partial charge in [0.05, 0.1) is 19.8 Å². The molecule has 0 aliphatic carbocycles. The number of nitrogens with zero attached hydrogens (tertiary/aromatic N) is 2. The monoisotopic (exact) mass is 254 g/mol. The fraction of sp³-hybridized carbons (Fsp3) is 0.545. The van der Waals surface area contributed by atoms with Crippen molar-refractivity contribution in [3.8, 4) is 0 Å². The Morgan fingerprint density at radius 2 is 2.22 bits per heavy atom. The predicted octanol–water partition coefficient (Wildman–Crippen LogP) is -1.52. The molecule has 1 aromatic rings. The predicted molar refractivity (Wildman–Crippen MR) is 61.0 cm³/mol. The first-order chi connectivity index (χ1) is 8.45. The molecule has 2 radical (unpaired) electrons. The van der Waals surface area contributed by atoms with Crippen LogP contribution in [0.25, 0.3) is 0 Å². The summed E-state index contributed by atoms with van der Waals surface area (Å²) in [5.74, 6) is 0. The van der Waals surface area contributed by atoms with Crippen LogP contribution in [-0.4, -0.2) is 38.2 Å². The van der Waals surface area contributed by atoms with E-state index in [-0.39, 0.29) is 13.0 Å². The van der Waals surface area contributed by atoms with Gasteiger partial charge in [0.2, 0.25) is 0 Å². The van der Waals surface area contributed by atoms with Crippen molar-refractivity contribution in [3.05, 3.63) is 39.6 Å². The van der Waals surface area contributed by atoms with E-state index in [9.17, 15) is 14.7 Å². The van der Waals surface area contributed by atoms with Crippen LogP contribution in [0.3, 0.4) is 0 Å². The highest BCUT2D eigenvalue weighted by atomic mass is 16.5. The Morgan fingerprint density at radius 3 is 2.78 bits per heavy atom. The van der Waals surface area contributed by atoms with Gasteiger partial charge in [0.25, 0.3) is 5.56 Å². The lowest BCUT2D eigenvalue weighted by Gasteiger charge is -2.15. The van der Waals surface area contributed by atoms with E-state index in [2.05, 4.69) is 0 Å². The van der Waals surface area contributed by atoms with Crippen molar-refractivity contribution >= 4 is 0 Å². The summed E-state index contributed by atoms with van der Waals surface area (Å²) in [6, 6.07) is 0. The van der Waals surface area contributed by atoms with Gasteiger partial charge in [0.15, 0.2) is 0 Å². The van der Waals surface area contributed by atoms with Gasteiger partial charge >= 0.3 is 5.69 Å². The molecule has 0 unspecified atom stereocenters. The average Bonchev–Trinajstić information content (AvgIpc) is 2.72. The van der Waals surface area contributed by atoms with Gasteiger partial charge in [-0.25, -0.2) is 4.79 Å². The maximum absolute atomic E-state index is 11.8. The Labute approximate surface area is 103 Å². The Morgan fingerprint density at radius 1 is 1.56 bits per heavy atom. The molecular weight excluding hydrogens is 240 g/mol. The molecule has 7 nitrogen and oxygen atoms in total. The molecule has 1 fully saturated rings. The van der Waals surface area contributed by atoms with Crippen molar-refractivity contribution in [2.45, 2.75) is 31.8 Å². The van der Waals surface area contributed by atoms with Crippen molar-refractivity contribution in [2.75, 3.05) is 6.61 Å². The summed E-state index contributed by atoms with van der Waals surface area (Å²) in [6.45, 7) is 1.18. The molecule has 1 saturated heterocycles. The van der Waals surface area contributed by atoms with E-state index >= 15 is 0 Å². The van der Waals surface area contributed by atoms with Crippen molar-refractivity contribution in [1.82, 2.24) is 9.13 Å². The van der Waals surface area contributed by atoms with Crippen LogP contribution >= 0.6 is 0 Å². The first kappa shape index (κ1) is 13.0. The van der Waals surface area contributed by atoms with E-state index in [1.165, 1.54) is 13.1 Å². The molecule has 0 spiro atoms. The zero-order valence-electron chi connectivity index (χ0n) is 9.81. The Hall–Kier alpha value is -1.44. The number of aromatic nitrogens is 2. The van der Waals surface area contributed by atoms with E-state index < -0.39 is 29.7 Å². The second-order valence-corrected chi connectivity index (χ2v) is 4.29. The van der Waals surface area contributed by atoms with E-state index in [1.807, 2.05) is 0 Å². The number of hydrogen-bond acceptors (Lipinski definition) is 5. The average molecular weight is 254 g/mol. The zero-order chi connectivity index (χ0) is 13.4. The molecule has 1 aromatic heterocycles. The van der Waals surface area contributed by atoms with Crippen LogP contribution in [0.4, 0.5) is 0 Å². The lowest BCUT2D eigenvalue weighted by Crippen LogP contribution is -2.39. The van der Waals surface area contributed by atoms with E-state index in [4.69, 9.17) is 16.9 Å². The lowest BCUT2D eigenvalue weighted by molar-refractivity contribution is -0.0462. The molecule has 0 saturated carbocycles. The second-order valence-electron chi connectivity index (χ2n) is 4.29. The second kappa shape index (κ2) is 4.68. The molecule has 2 heterocycles. The van der Waals surface area contributed by atoms with Crippen LogP contribution in [0.15, 0.2) is 15.8 Å². The quantitative estimate of drug-likeness (QED) is 0.668. The zero-order valence-corrected chi connectivity index (χ0v) is 9.81. The SMILES string of the molecule is [CH]n1c(=O)c(C)cn([C@H]2C[C@H](O)[C@@H](CO)O2)c1=O. The molecular formula is C11H14N2O5. The molecule has 2 N–H and O–H groups in total. The molecule has 98 valence electrons. The van der Waals surface area contributed by atoms with Crippen molar-refractivity contribution < 1.29 is 14.9 Å². The minimum atomic E-state index is -0.856. The van der Waals surface area contributed by atoms with Gasteiger partial charge in [-0.3, -0.25) is 13.9 Å². The van der Waals surface area contributed by atoms with Gasteiger partial charge in [0.1, 0.15) is 12.3 Å². The Bertz CT molecular complexity index is 562. The summed E-state index contributed by atoms with van der Waals surface area (Å²) in [4.78, 5) is 23.2. The molecule has 7 heteroatoms. The molecule has 0 bridgehead atoms. The summed E-state index contributed by atoms with van der Waals surface area (Å²) in [6.07, 6.45) is -0.835. The minimum Gasteiger partial charge on any atom is -0.394 e. The maximum Gasteiger partial charge on any atom is 0.333 e. The highest BCUT2D eigenvalue weighted by molar-refractivity contribution is 5.04. The fourth-order valence-corrected chi connectivity index (χ4v) is 1.98. The normalized spacial score (nSPS) is 27.7. The van der Waals surface area contributed by atoms with Crippen LogP contribution < -0.4 is 11.2 Å². The van der Waals surface area contributed by atoms with Crippen LogP contribution in [0.5, 0.6) is 0 Å². The molecule has 2 rings (SSSR count). The third kappa shape index (κ3) is 2.00. The first-order valence-corrected chi connectivity index (χ1v) is 5.50. The summed E-state index contributed by atoms with van der Waals surface area (Å²) >= 11 is 0. The van der Waals surface area contributed by atoms with Gasteiger partial charge < -0.3 is 14.9 Å². The smallest absolute Gasteiger partial charge is 0.333 e. The number of rotatable bonds is 2. The standard InChI is InChI=1S/C11H14N2O5/c1-6-4-13(11(17)12(2)10(6)16)9-3-7(15)8(5-14)18-9/h2,4,7-9,14-15H,3,5H2,1H3/t7-,8+,9+/m0/s1. The van der Waals surface area contributed by atoms with Gasteiger partial charge in [-0.1, -0.05) is 0 Å². The Balaban J connectivity index is 2.42. The maximum atomic E-state index is 11.8. The summed E-state index contributed by atoms with van der Waals surface area (Å²) in [5.41, 5.74) is -1.00. The number of aliphatic hydroxyl groups excluding tert-OH is 2. The van der Waals surface area contributed by atoms with Gasteiger partial charge in [-0.15, -0.1) is 0 Å². The fourth-order valence-electron chi connectivity index (χ4n) is 1.98. The molecule has 0 aromatic carbocycles. The van der Waals surface area contributed by atoms with Gasteiger partial charge in [-0.05, 0) is 6.92 Å². The molecule has 1 aliphatic heterocycles. The molecule has 0 amide bonds. The van der Waals surface area contributed by atoms with E-state index in [0.717, 1.165) is 4.57 Å². The van der Waals surface area contributed by atoms with Gasteiger partial charge in [-0.2, -0.15) is 0 Å². The highest BCUT2D eigenvalue weighted by Gasteiger charge is 2.35. The van der Waals surface area contributed by atoms with Crippen LogP contribution in [0.1, 0.15) is 18.2 Å². The van der Waals surface area contributed by atoms with Crippen LogP contribution in [-0.2, 0) is 4.74 Å². The van der Waals surface area contributed by atoms with Crippen LogP contribution in [0.2, 0.25) is 0 Å². The first-order valence-electron chi connectivity index (χ1n) is 5.50. The minimum absolute atomic E-state index is 0.156. The van der Waals surface area contributed by atoms with E-state index in [0.29, 0.717) is 10.1 Å². The summed E-state index contributed by atoms with van der Waals surface area (Å²) < 4.78 is 6.98. The number of aryl methyl sites for hydroxylation is 1. The molecule has 1 aliphatic rings. The Kier molecular flexibility index (Phi) is 3.38. The number of hydrogen-bond donors (Lipinski definition) is 2.